The van der Waals surface area contributed by atoms with E-state index >= 15 is 0 Å². The number of aromatic nitrogens is 2. The molecule has 0 atom stereocenters. The van der Waals surface area contributed by atoms with Gasteiger partial charge in [-0.1, -0.05) is 6.92 Å². The minimum atomic E-state index is -0.606. The summed E-state index contributed by atoms with van der Waals surface area (Å²) in [5, 5.41) is 11.7. The van der Waals surface area contributed by atoms with Gasteiger partial charge in [0.25, 0.3) is 0 Å². The molecule has 1 aromatic carbocycles. The fourth-order valence-electron chi connectivity index (χ4n) is 1.49. The Kier molecular flexibility index (Phi) is 4.45. The van der Waals surface area contributed by atoms with Crippen LogP contribution in [0.4, 0.5) is 10.3 Å². The van der Waals surface area contributed by atoms with Crippen molar-refractivity contribution in [3.05, 3.63) is 41.8 Å². The molecular weight excluding hydrogens is 259 g/mol. The zero-order valence-electron chi connectivity index (χ0n) is 10.9. The first-order valence-corrected chi connectivity index (χ1v) is 6.17. The van der Waals surface area contributed by atoms with Crippen LogP contribution in [-0.4, -0.2) is 16.5 Å². The lowest BCUT2D eigenvalue weighted by Crippen LogP contribution is -2.04. The molecule has 2 aromatic rings. The Morgan fingerprint density at radius 1 is 1.40 bits per heavy atom. The molecule has 1 aromatic heterocycles. The molecule has 5 nitrogen and oxygen atoms in total. The smallest absolute Gasteiger partial charge is 0.225 e. The van der Waals surface area contributed by atoms with E-state index in [1.54, 1.807) is 0 Å². The number of nitrogens with zero attached hydrogens (tertiary/aromatic N) is 3. The topological polar surface area (TPSA) is 70.8 Å². The maximum atomic E-state index is 13.7. The zero-order valence-corrected chi connectivity index (χ0v) is 10.9. The molecule has 0 bridgehead atoms. The largest absolute Gasteiger partial charge is 0.436 e. The Balaban J connectivity index is 2.15. The van der Waals surface area contributed by atoms with E-state index in [0.717, 1.165) is 19.0 Å². The predicted octanol–water partition coefficient (Wildman–Crippen LogP) is 3.10. The van der Waals surface area contributed by atoms with Gasteiger partial charge < -0.3 is 10.1 Å². The highest BCUT2D eigenvalue weighted by Gasteiger charge is 2.07. The Hall–Kier alpha value is -2.68. The standard InChI is InChI=1S/C14H13FN4O/c1-2-6-17-14-18-7-5-13(19-14)20-12-4-3-10(9-16)8-11(12)15/h3-5,7-8H,2,6H2,1H3,(H,17,18,19). The van der Waals surface area contributed by atoms with Gasteiger partial charge >= 0.3 is 0 Å². The molecular formula is C14H13FN4O. The lowest BCUT2D eigenvalue weighted by molar-refractivity contribution is 0.427. The van der Waals surface area contributed by atoms with Gasteiger partial charge in [0.15, 0.2) is 11.6 Å². The van der Waals surface area contributed by atoms with Gasteiger partial charge in [-0.05, 0) is 24.6 Å². The summed E-state index contributed by atoms with van der Waals surface area (Å²) in [5.41, 5.74) is 0.239. The van der Waals surface area contributed by atoms with Crippen molar-refractivity contribution in [3.8, 4) is 17.7 Å². The van der Waals surface area contributed by atoms with Crippen LogP contribution in [-0.2, 0) is 0 Å². The lowest BCUT2D eigenvalue weighted by atomic mass is 10.2. The monoisotopic (exact) mass is 272 g/mol. The SMILES string of the molecule is CCCNc1nccc(Oc2ccc(C#N)cc2F)n1. The van der Waals surface area contributed by atoms with Crippen LogP contribution < -0.4 is 10.1 Å². The molecule has 1 N–H and O–H groups in total. The van der Waals surface area contributed by atoms with E-state index < -0.39 is 5.82 Å². The molecule has 0 aliphatic heterocycles. The Morgan fingerprint density at radius 3 is 2.95 bits per heavy atom. The highest BCUT2D eigenvalue weighted by molar-refractivity contribution is 5.38. The third kappa shape index (κ3) is 3.42. The van der Waals surface area contributed by atoms with Crippen molar-refractivity contribution in [2.75, 3.05) is 11.9 Å². The van der Waals surface area contributed by atoms with Gasteiger partial charge in [-0.15, -0.1) is 0 Å². The fraction of sp³-hybridized carbons (Fsp3) is 0.214. The number of benzene rings is 1. The number of anilines is 1. The minimum absolute atomic E-state index is 0.0177. The van der Waals surface area contributed by atoms with Gasteiger partial charge in [-0.25, -0.2) is 9.37 Å². The first-order valence-electron chi connectivity index (χ1n) is 6.17. The highest BCUT2D eigenvalue weighted by Crippen LogP contribution is 2.23. The van der Waals surface area contributed by atoms with Crippen LogP contribution >= 0.6 is 0 Å². The van der Waals surface area contributed by atoms with Crippen LogP contribution in [0, 0.1) is 17.1 Å². The molecule has 102 valence electrons. The number of nitrogens with one attached hydrogen (secondary N) is 1. The van der Waals surface area contributed by atoms with Crippen molar-refractivity contribution in [2.45, 2.75) is 13.3 Å². The summed E-state index contributed by atoms with van der Waals surface area (Å²) in [6.07, 6.45) is 2.47. The lowest BCUT2D eigenvalue weighted by Gasteiger charge is -2.07. The van der Waals surface area contributed by atoms with E-state index in [1.165, 1.54) is 24.4 Å². The number of rotatable bonds is 5. The summed E-state index contributed by atoms with van der Waals surface area (Å²) in [6, 6.07) is 7.39. The van der Waals surface area contributed by atoms with Crippen LogP contribution in [0.5, 0.6) is 11.6 Å². The minimum Gasteiger partial charge on any atom is -0.436 e. The molecule has 2 rings (SSSR count). The second kappa shape index (κ2) is 6.48. The molecule has 0 saturated heterocycles. The highest BCUT2D eigenvalue weighted by atomic mass is 19.1. The molecule has 0 amide bonds. The Morgan fingerprint density at radius 2 is 2.25 bits per heavy atom. The number of ether oxygens (including phenoxy) is 1. The number of hydrogen-bond acceptors (Lipinski definition) is 5. The Bertz CT molecular complexity index is 639. The van der Waals surface area contributed by atoms with Gasteiger partial charge in [0.2, 0.25) is 11.8 Å². The van der Waals surface area contributed by atoms with Crippen LogP contribution in [0.15, 0.2) is 30.5 Å². The summed E-state index contributed by atoms with van der Waals surface area (Å²) >= 11 is 0. The summed E-state index contributed by atoms with van der Waals surface area (Å²) in [7, 11) is 0. The maximum Gasteiger partial charge on any atom is 0.225 e. The van der Waals surface area contributed by atoms with E-state index in [2.05, 4.69) is 15.3 Å². The van der Waals surface area contributed by atoms with Crippen molar-refractivity contribution >= 4 is 5.95 Å². The summed E-state index contributed by atoms with van der Waals surface area (Å²) in [4.78, 5) is 8.14. The molecule has 0 saturated carbocycles. The van der Waals surface area contributed by atoms with Crippen molar-refractivity contribution < 1.29 is 9.13 Å². The van der Waals surface area contributed by atoms with Gasteiger partial charge in [-0.3, -0.25) is 0 Å². The fourth-order valence-corrected chi connectivity index (χ4v) is 1.49. The molecule has 20 heavy (non-hydrogen) atoms. The van der Waals surface area contributed by atoms with E-state index in [0.29, 0.717) is 5.95 Å². The summed E-state index contributed by atoms with van der Waals surface area (Å²) in [5.74, 6) is 0.0792. The van der Waals surface area contributed by atoms with Gasteiger partial charge in [-0.2, -0.15) is 10.2 Å². The van der Waals surface area contributed by atoms with Gasteiger partial charge in [0, 0.05) is 18.8 Å². The van der Waals surface area contributed by atoms with E-state index in [-0.39, 0.29) is 17.2 Å². The van der Waals surface area contributed by atoms with Crippen LogP contribution in [0.2, 0.25) is 0 Å². The molecule has 6 heteroatoms. The molecule has 0 aliphatic carbocycles. The normalized spacial score (nSPS) is 9.85. The molecule has 0 spiro atoms. The molecule has 0 aliphatic rings. The molecule has 0 radical (unpaired) electrons. The maximum absolute atomic E-state index is 13.7. The van der Waals surface area contributed by atoms with Gasteiger partial charge in [0.1, 0.15) is 0 Å². The number of nitriles is 1. The van der Waals surface area contributed by atoms with E-state index in [9.17, 15) is 4.39 Å². The van der Waals surface area contributed by atoms with Crippen molar-refractivity contribution in [3.63, 3.8) is 0 Å². The van der Waals surface area contributed by atoms with Crippen molar-refractivity contribution in [1.82, 2.24) is 9.97 Å². The average Bonchev–Trinajstić information content (AvgIpc) is 2.47. The first kappa shape index (κ1) is 13.7. The molecule has 0 fully saturated rings. The second-order valence-corrected chi connectivity index (χ2v) is 4.00. The van der Waals surface area contributed by atoms with Crippen LogP contribution in [0.1, 0.15) is 18.9 Å². The van der Waals surface area contributed by atoms with E-state index in [4.69, 9.17) is 10.00 Å². The van der Waals surface area contributed by atoms with E-state index in [1.807, 2.05) is 13.0 Å². The van der Waals surface area contributed by atoms with Gasteiger partial charge in [0.05, 0.1) is 11.6 Å². The van der Waals surface area contributed by atoms with Crippen LogP contribution in [0.25, 0.3) is 0 Å². The third-order valence-corrected chi connectivity index (χ3v) is 2.44. The quantitative estimate of drug-likeness (QED) is 0.905. The molecule has 0 unspecified atom stereocenters. The average molecular weight is 272 g/mol. The third-order valence-electron chi connectivity index (χ3n) is 2.44. The van der Waals surface area contributed by atoms with Crippen molar-refractivity contribution in [1.29, 1.82) is 5.26 Å². The predicted molar refractivity (Wildman–Crippen MR) is 72.0 cm³/mol. The Labute approximate surface area is 116 Å². The number of hydrogen-bond donors (Lipinski definition) is 1. The first-order chi connectivity index (χ1) is 9.72. The summed E-state index contributed by atoms with van der Waals surface area (Å²) < 4.78 is 19.0. The van der Waals surface area contributed by atoms with Crippen molar-refractivity contribution in [2.24, 2.45) is 0 Å². The summed E-state index contributed by atoms with van der Waals surface area (Å²) in [6.45, 7) is 2.77. The molecule has 1 heterocycles. The van der Waals surface area contributed by atoms with Crippen LogP contribution in [0.3, 0.4) is 0 Å². The number of halogens is 1. The zero-order chi connectivity index (χ0) is 14.4. The second-order valence-electron chi connectivity index (χ2n) is 4.00.